The maximum absolute atomic E-state index is 12.1. The van der Waals surface area contributed by atoms with Gasteiger partial charge in [0.2, 0.25) is 0 Å². The molecule has 1 N–H and O–H groups in total. The number of amides is 1. The van der Waals surface area contributed by atoms with Gasteiger partial charge < -0.3 is 14.8 Å². The van der Waals surface area contributed by atoms with Gasteiger partial charge in [0.1, 0.15) is 11.6 Å². The van der Waals surface area contributed by atoms with Crippen molar-refractivity contribution in [2.75, 3.05) is 19.0 Å². The highest BCUT2D eigenvalue weighted by molar-refractivity contribution is 5.98. The zero-order chi connectivity index (χ0) is 17.6. The Kier molecular flexibility index (Phi) is 5.09. The number of nitrogens with one attached hydrogen (secondary N) is 1. The van der Waals surface area contributed by atoms with Crippen molar-refractivity contribution in [2.24, 2.45) is 0 Å². The van der Waals surface area contributed by atoms with Crippen LogP contribution in [0.5, 0.6) is 0 Å². The van der Waals surface area contributed by atoms with Crippen LogP contribution in [0.4, 0.5) is 5.82 Å². The third-order valence-corrected chi connectivity index (χ3v) is 4.00. The van der Waals surface area contributed by atoms with Crippen LogP contribution in [0.1, 0.15) is 21.7 Å². The van der Waals surface area contributed by atoms with E-state index in [1.165, 1.54) is 5.56 Å². The van der Waals surface area contributed by atoms with Gasteiger partial charge in [-0.25, -0.2) is 9.97 Å². The highest BCUT2D eigenvalue weighted by Crippen LogP contribution is 2.18. The zero-order valence-electron chi connectivity index (χ0n) is 14.4. The van der Waals surface area contributed by atoms with Crippen molar-refractivity contribution in [3.63, 3.8) is 0 Å². The summed E-state index contributed by atoms with van der Waals surface area (Å²) in [4.78, 5) is 22.8. The highest BCUT2D eigenvalue weighted by atomic mass is 16.1. The summed E-state index contributed by atoms with van der Waals surface area (Å²) in [7, 11) is 3.53. The van der Waals surface area contributed by atoms with Gasteiger partial charge in [-0.1, -0.05) is 30.3 Å². The molecule has 6 nitrogen and oxygen atoms in total. The summed E-state index contributed by atoms with van der Waals surface area (Å²) in [6, 6.07) is 13.8. The highest BCUT2D eigenvalue weighted by Gasteiger charge is 2.16. The van der Waals surface area contributed by atoms with Gasteiger partial charge in [0.05, 0.1) is 12.1 Å². The first-order valence-corrected chi connectivity index (χ1v) is 8.11. The first-order chi connectivity index (χ1) is 12.2. The van der Waals surface area contributed by atoms with Crippen LogP contribution in [0, 0.1) is 0 Å². The van der Waals surface area contributed by atoms with Crippen molar-refractivity contribution >= 4 is 11.7 Å². The molecule has 0 fully saturated rings. The summed E-state index contributed by atoms with van der Waals surface area (Å²) in [6.07, 6.45) is 5.45. The maximum Gasteiger partial charge on any atom is 0.254 e. The lowest BCUT2D eigenvalue weighted by molar-refractivity contribution is 0.0963. The normalized spacial score (nSPS) is 10.5. The lowest BCUT2D eigenvalue weighted by Crippen LogP contribution is -2.26. The molecule has 0 unspecified atom stereocenters. The second kappa shape index (κ2) is 7.61. The Morgan fingerprint density at radius 3 is 2.68 bits per heavy atom. The van der Waals surface area contributed by atoms with Crippen molar-refractivity contribution in [2.45, 2.75) is 13.1 Å². The third kappa shape index (κ3) is 3.85. The van der Waals surface area contributed by atoms with E-state index in [2.05, 4.69) is 32.0 Å². The van der Waals surface area contributed by atoms with Crippen LogP contribution < -0.4 is 10.2 Å². The van der Waals surface area contributed by atoms with Gasteiger partial charge in [-0.2, -0.15) is 0 Å². The number of rotatable bonds is 6. The van der Waals surface area contributed by atoms with E-state index >= 15 is 0 Å². The molecule has 2 heterocycles. The van der Waals surface area contributed by atoms with Crippen molar-refractivity contribution in [3.8, 4) is 0 Å². The van der Waals surface area contributed by atoms with Gasteiger partial charge in [0, 0.05) is 39.2 Å². The van der Waals surface area contributed by atoms with Gasteiger partial charge in [0.25, 0.3) is 5.91 Å². The minimum atomic E-state index is -0.150. The fourth-order valence-corrected chi connectivity index (χ4v) is 2.72. The number of anilines is 1. The van der Waals surface area contributed by atoms with Crippen LogP contribution in [0.3, 0.4) is 0 Å². The summed E-state index contributed by atoms with van der Waals surface area (Å²) in [5, 5.41) is 2.65. The van der Waals surface area contributed by atoms with Gasteiger partial charge in [-0.15, -0.1) is 0 Å². The molecule has 0 aliphatic rings. The minimum Gasteiger partial charge on any atom is -0.355 e. The number of benzene rings is 1. The molecule has 3 aromatic rings. The summed E-state index contributed by atoms with van der Waals surface area (Å²) < 4.78 is 2.11. The molecule has 3 rings (SSSR count). The number of imidazole rings is 1. The molecular formula is C19H21N5O. The number of hydrogen-bond donors (Lipinski definition) is 1. The quantitative estimate of drug-likeness (QED) is 0.751. The molecule has 0 saturated heterocycles. The van der Waals surface area contributed by atoms with Crippen molar-refractivity contribution in [1.82, 2.24) is 19.9 Å². The number of carbonyl (C=O) groups is 1. The Morgan fingerprint density at radius 2 is 1.92 bits per heavy atom. The van der Waals surface area contributed by atoms with Crippen molar-refractivity contribution in [3.05, 3.63) is 78.0 Å². The molecule has 0 atom stereocenters. The predicted molar refractivity (Wildman–Crippen MR) is 97.5 cm³/mol. The van der Waals surface area contributed by atoms with Crippen LogP contribution in [-0.4, -0.2) is 34.5 Å². The second-order valence-electron chi connectivity index (χ2n) is 5.77. The van der Waals surface area contributed by atoms with Crippen LogP contribution in [0.25, 0.3) is 0 Å². The van der Waals surface area contributed by atoms with Gasteiger partial charge >= 0.3 is 0 Å². The fraction of sp³-hybridized carbons (Fsp3) is 0.211. The molecule has 0 aliphatic heterocycles. The van der Waals surface area contributed by atoms with Crippen LogP contribution in [-0.2, 0) is 13.1 Å². The largest absolute Gasteiger partial charge is 0.355 e. The summed E-state index contributed by atoms with van der Waals surface area (Å²) >= 11 is 0. The molecule has 6 heteroatoms. The molecule has 0 saturated carbocycles. The predicted octanol–water partition coefficient (Wildman–Crippen LogP) is 2.32. The van der Waals surface area contributed by atoms with E-state index in [1.54, 1.807) is 31.6 Å². The number of nitrogens with zero attached hydrogens (tertiary/aromatic N) is 4. The monoisotopic (exact) mass is 335 g/mol. The number of pyridine rings is 1. The van der Waals surface area contributed by atoms with Crippen molar-refractivity contribution < 1.29 is 4.79 Å². The maximum atomic E-state index is 12.1. The fourth-order valence-electron chi connectivity index (χ4n) is 2.72. The second-order valence-corrected chi connectivity index (χ2v) is 5.77. The molecule has 0 aliphatic carbocycles. The molecule has 0 radical (unpaired) electrons. The van der Waals surface area contributed by atoms with E-state index in [0.29, 0.717) is 17.9 Å². The Bertz CT molecular complexity index is 844. The van der Waals surface area contributed by atoms with Crippen molar-refractivity contribution in [1.29, 1.82) is 0 Å². The molecule has 25 heavy (non-hydrogen) atoms. The molecule has 0 spiro atoms. The number of hydrogen-bond acceptors (Lipinski definition) is 4. The average molecular weight is 335 g/mol. The van der Waals surface area contributed by atoms with E-state index in [-0.39, 0.29) is 5.91 Å². The topological polar surface area (TPSA) is 63.1 Å². The average Bonchev–Trinajstić information content (AvgIpc) is 3.08. The van der Waals surface area contributed by atoms with Crippen LogP contribution in [0.2, 0.25) is 0 Å². The molecule has 2 aromatic heterocycles. The van der Waals surface area contributed by atoms with Gasteiger partial charge in [-0.3, -0.25) is 4.79 Å². The first-order valence-electron chi connectivity index (χ1n) is 8.11. The number of carbonyl (C=O) groups excluding carboxylic acids is 1. The van der Waals surface area contributed by atoms with Gasteiger partial charge in [0.15, 0.2) is 0 Å². The van der Waals surface area contributed by atoms with E-state index < -0.39 is 0 Å². The third-order valence-electron chi connectivity index (χ3n) is 4.00. The first kappa shape index (κ1) is 16.7. The summed E-state index contributed by atoms with van der Waals surface area (Å²) in [5.74, 6) is 1.40. The standard InChI is InChI=1S/C19H21N5O/c1-20-19(25)16-9-6-10-22-18(16)23(2)14-17-21-11-12-24(17)13-15-7-4-3-5-8-15/h3-12H,13-14H2,1-2H3,(H,20,25). The molecule has 1 amide bonds. The van der Waals surface area contributed by atoms with Crippen LogP contribution in [0.15, 0.2) is 61.1 Å². The molecular weight excluding hydrogens is 314 g/mol. The summed E-state index contributed by atoms with van der Waals surface area (Å²) in [6.45, 7) is 1.31. The molecule has 128 valence electrons. The van der Waals surface area contributed by atoms with E-state index in [0.717, 1.165) is 12.4 Å². The minimum absolute atomic E-state index is 0.150. The summed E-state index contributed by atoms with van der Waals surface area (Å²) in [5.41, 5.74) is 1.77. The Balaban J connectivity index is 1.80. The number of aromatic nitrogens is 3. The van der Waals surface area contributed by atoms with E-state index in [1.807, 2.05) is 36.3 Å². The van der Waals surface area contributed by atoms with Gasteiger partial charge in [-0.05, 0) is 17.7 Å². The molecule has 0 bridgehead atoms. The van der Waals surface area contributed by atoms with Crippen LogP contribution >= 0.6 is 0 Å². The lowest BCUT2D eigenvalue weighted by Gasteiger charge is -2.21. The lowest BCUT2D eigenvalue weighted by atomic mass is 10.2. The smallest absolute Gasteiger partial charge is 0.254 e. The Hall–Kier alpha value is -3.15. The Morgan fingerprint density at radius 1 is 1.12 bits per heavy atom. The molecule has 1 aromatic carbocycles. The van der Waals surface area contributed by atoms with E-state index in [9.17, 15) is 4.79 Å². The van der Waals surface area contributed by atoms with E-state index in [4.69, 9.17) is 0 Å². The SMILES string of the molecule is CNC(=O)c1cccnc1N(C)Cc1nccn1Cc1ccccc1. The Labute approximate surface area is 147 Å². The zero-order valence-corrected chi connectivity index (χ0v) is 14.4.